The lowest BCUT2D eigenvalue weighted by molar-refractivity contribution is -0.604. The molecule has 2 aromatic carbocycles. The number of aromatic nitrogens is 1. The average molecular weight is 452 g/mol. The molecule has 8 heteroatoms. The van der Waals surface area contributed by atoms with Gasteiger partial charge in [-0.1, -0.05) is 12.1 Å². The molecule has 1 aliphatic rings. The molecule has 0 saturated heterocycles. The largest absolute Gasteiger partial charge is 0.619 e. The van der Waals surface area contributed by atoms with Gasteiger partial charge < -0.3 is 25.1 Å². The Balaban J connectivity index is 1.60. The minimum Gasteiger partial charge on any atom is -0.619 e. The predicted octanol–water partition coefficient (Wildman–Crippen LogP) is 3.35. The van der Waals surface area contributed by atoms with Crippen molar-refractivity contribution in [3.63, 3.8) is 0 Å². The predicted molar refractivity (Wildman–Crippen MR) is 119 cm³/mol. The van der Waals surface area contributed by atoms with E-state index in [-0.39, 0.29) is 18.9 Å². The quantitative estimate of drug-likeness (QED) is 0.384. The number of carbonyl (C=O) groups excluding carboxylic acids is 1. The molecule has 0 aliphatic heterocycles. The minimum absolute atomic E-state index is 0.111. The Bertz CT molecular complexity index is 1160. The van der Waals surface area contributed by atoms with Gasteiger partial charge in [-0.2, -0.15) is 4.73 Å². The zero-order chi connectivity index (χ0) is 23.4. The fourth-order valence-electron chi connectivity index (χ4n) is 3.49. The summed E-state index contributed by atoms with van der Waals surface area (Å²) in [6, 6.07) is 11.1. The number of benzene rings is 2. The summed E-state index contributed by atoms with van der Waals surface area (Å²) >= 11 is 0. The lowest BCUT2D eigenvalue weighted by Gasteiger charge is -2.15. The molecule has 4 rings (SSSR count). The van der Waals surface area contributed by atoms with E-state index in [9.17, 15) is 19.5 Å². The first kappa shape index (κ1) is 22.5. The molecule has 33 heavy (non-hydrogen) atoms. The van der Waals surface area contributed by atoms with Gasteiger partial charge in [0.05, 0.1) is 31.5 Å². The maximum Gasteiger partial charge on any atom is 0.255 e. The first-order chi connectivity index (χ1) is 16.0. The van der Waals surface area contributed by atoms with Crippen LogP contribution in [0.5, 0.6) is 11.5 Å². The molecule has 0 radical (unpaired) electrons. The molecular formula is C25H25FN2O5. The second-order valence-corrected chi connectivity index (χ2v) is 8.02. The van der Waals surface area contributed by atoms with E-state index in [1.807, 2.05) is 0 Å². The third kappa shape index (κ3) is 5.40. The van der Waals surface area contributed by atoms with Crippen molar-refractivity contribution in [1.82, 2.24) is 5.32 Å². The van der Waals surface area contributed by atoms with Gasteiger partial charge in [0, 0.05) is 12.6 Å². The number of aliphatic hydroxyl groups is 1. The number of amides is 1. The summed E-state index contributed by atoms with van der Waals surface area (Å²) in [5.74, 6) is 0.159. The summed E-state index contributed by atoms with van der Waals surface area (Å²) in [5.41, 5.74) is 2.57. The molecule has 7 nitrogen and oxygen atoms in total. The van der Waals surface area contributed by atoms with Crippen LogP contribution in [0.15, 0.2) is 54.9 Å². The summed E-state index contributed by atoms with van der Waals surface area (Å²) in [4.78, 5) is 13.1. The Morgan fingerprint density at radius 1 is 1.21 bits per heavy atom. The van der Waals surface area contributed by atoms with Crippen LogP contribution >= 0.6 is 0 Å². The van der Waals surface area contributed by atoms with Gasteiger partial charge >= 0.3 is 0 Å². The second-order valence-electron chi connectivity index (χ2n) is 8.02. The van der Waals surface area contributed by atoms with Crippen LogP contribution in [0.2, 0.25) is 0 Å². The molecule has 2 N–H and O–H groups in total. The number of methoxy groups -OCH3 is 1. The lowest BCUT2D eigenvalue weighted by Crippen LogP contribution is -2.25. The van der Waals surface area contributed by atoms with Crippen LogP contribution in [0.25, 0.3) is 11.1 Å². The average Bonchev–Trinajstić information content (AvgIpc) is 3.66. The van der Waals surface area contributed by atoms with E-state index in [0.29, 0.717) is 50.8 Å². The highest BCUT2D eigenvalue weighted by Gasteiger charge is 2.24. The number of halogens is 1. The maximum atomic E-state index is 14.0. The van der Waals surface area contributed by atoms with Crippen molar-refractivity contribution < 1.29 is 28.5 Å². The molecule has 0 unspecified atom stereocenters. The Morgan fingerprint density at radius 3 is 2.70 bits per heavy atom. The van der Waals surface area contributed by atoms with Crippen molar-refractivity contribution >= 4 is 5.91 Å². The fraction of sp³-hybridized carbons (Fsp3) is 0.280. The number of rotatable bonds is 9. The summed E-state index contributed by atoms with van der Waals surface area (Å²) < 4.78 is 25.5. The SMILES string of the molecule is COc1ccc(CNC(=O)c2cc(-c3c[n+]([O-])ccc3CO)ccc2OCC2CC2)cc1F. The van der Waals surface area contributed by atoms with Crippen molar-refractivity contribution in [3.8, 4) is 22.6 Å². The van der Waals surface area contributed by atoms with Crippen molar-refractivity contribution in [2.45, 2.75) is 26.0 Å². The van der Waals surface area contributed by atoms with E-state index in [2.05, 4.69) is 5.32 Å². The van der Waals surface area contributed by atoms with Gasteiger partial charge in [0.25, 0.3) is 5.91 Å². The first-order valence-corrected chi connectivity index (χ1v) is 10.7. The number of ether oxygens (including phenoxy) is 2. The number of nitrogens with zero attached hydrogens (tertiary/aromatic N) is 1. The molecular weight excluding hydrogens is 427 g/mol. The van der Waals surface area contributed by atoms with Crippen LogP contribution in [0, 0.1) is 16.9 Å². The van der Waals surface area contributed by atoms with Crippen LogP contribution < -0.4 is 19.5 Å². The molecule has 1 amide bonds. The Hall–Kier alpha value is -3.65. The van der Waals surface area contributed by atoms with Crippen LogP contribution in [-0.2, 0) is 13.2 Å². The Labute approximate surface area is 191 Å². The zero-order valence-electron chi connectivity index (χ0n) is 18.2. The summed E-state index contributed by atoms with van der Waals surface area (Å²) in [6.07, 6.45) is 4.88. The topological polar surface area (TPSA) is 94.7 Å². The molecule has 1 fully saturated rings. The first-order valence-electron chi connectivity index (χ1n) is 10.7. The molecule has 0 spiro atoms. The van der Waals surface area contributed by atoms with Crippen molar-refractivity contribution in [1.29, 1.82) is 0 Å². The van der Waals surface area contributed by atoms with Crippen LogP contribution in [0.1, 0.15) is 34.3 Å². The number of nitrogens with one attached hydrogen (secondary N) is 1. The molecule has 1 saturated carbocycles. The van der Waals surface area contributed by atoms with Crippen molar-refractivity contribution in [2.24, 2.45) is 5.92 Å². The van der Waals surface area contributed by atoms with Crippen molar-refractivity contribution in [3.05, 3.63) is 82.6 Å². The van der Waals surface area contributed by atoms with Crippen LogP contribution in [0.4, 0.5) is 4.39 Å². The second kappa shape index (κ2) is 9.87. The highest BCUT2D eigenvalue weighted by atomic mass is 19.1. The number of carbonyl (C=O) groups is 1. The fourth-order valence-corrected chi connectivity index (χ4v) is 3.49. The van der Waals surface area contributed by atoms with Crippen LogP contribution in [0.3, 0.4) is 0 Å². The van der Waals surface area contributed by atoms with Gasteiger partial charge in [-0.3, -0.25) is 4.79 Å². The number of pyridine rings is 1. The number of hydrogen-bond acceptors (Lipinski definition) is 5. The highest BCUT2D eigenvalue weighted by molar-refractivity contribution is 5.98. The smallest absolute Gasteiger partial charge is 0.255 e. The molecule has 172 valence electrons. The Kier molecular flexibility index (Phi) is 6.74. The van der Waals surface area contributed by atoms with Crippen LogP contribution in [-0.4, -0.2) is 24.7 Å². The van der Waals surface area contributed by atoms with Gasteiger partial charge in [-0.15, -0.1) is 0 Å². The molecule has 0 atom stereocenters. The highest BCUT2D eigenvalue weighted by Crippen LogP contribution is 2.32. The standard InChI is InChI=1S/C25H25FN2O5/c1-32-24-6-4-17(10-22(24)26)12-27-25(30)20-11-18(5-7-23(20)33-15-16-2-3-16)21-13-28(31)9-8-19(21)14-29/h4-11,13,16,29H,2-3,12,14-15H2,1H3,(H,27,30). The maximum absolute atomic E-state index is 14.0. The summed E-state index contributed by atoms with van der Waals surface area (Å²) in [6.45, 7) is 0.387. The zero-order valence-corrected chi connectivity index (χ0v) is 18.2. The summed E-state index contributed by atoms with van der Waals surface area (Å²) in [7, 11) is 1.39. The van der Waals surface area contributed by atoms with E-state index in [1.165, 1.54) is 37.7 Å². The van der Waals surface area contributed by atoms with E-state index in [4.69, 9.17) is 9.47 Å². The normalized spacial score (nSPS) is 12.9. The molecule has 1 aromatic heterocycles. The molecule has 1 aliphatic carbocycles. The van der Waals surface area contributed by atoms with E-state index >= 15 is 0 Å². The summed E-state index contributed by atoms with van der Waals surface area (Å²) in [5, 5.41) is 24.3. The lowest BCUT2D eigenvalue weighted by atomic mass is 9.99. The third-order valence-electron chi connectivity index (χ3n) is 5.57. The van der Waals surface area contributed by atoms with E-state index in [0.717, 1.165) is 12.8 Å². The minimum atomic E-state index is -0.508. The molecule has 0 bridgehead atoms. The van der Waals surface area contributed by atoms with Gasteiger partial charge in [0.1, 0.15) is 5.75 Å². The van der Waals surface area contributed by atoms with Gasteiger partial charge in [0.2, 0.25) is 0 Å². The van der Waals surface area contributed by atoms with Gasteiger partial charge in [0.15, 0.2) is 24.0 Å². The Morgan fingerprint density at radius 2 is 2.00 bits per heavy atom. The number of aliphatic hydroxyl groups excluding tert-OH is 1. The molecule has 3 aromatic rings. The van der Waals surface area contributed by atoms with E-state index < -0.39 is 11.7 Å². The van der Waals surface area contributed by atoms with Crippen molar-refractivity contribution in [2.75, 3.05) is 13.7 Å². The third-order valence-corrected chi connectivity index (χ3v) is 5.57. The number of hydrogen-bond donors (Lipinski definition) is 2. The van der Waals surface area contributed by atoms with E-state index in [1.54, 1.807) is 24.3 Å². The molecule has 1 heterocycles. The van der Waals surface area contributed by atoms with Gasteiger partial charge in [-0.05, 0) is 59.7 Å². The van der Waals surface area contributed by atoms with Gasteiger partial charge in [-0.25, -0.2) is 4.39 Å². The monoisotopic (exact) mass is 452 g/mol.